The Morgan fingerprint density at radius 2 is 1.90 bits per heavy atom. The van der Waals surface area contributed by atoms with E-state index in [-0.39, 0.29) is 17.9 Å². The van der Waals surface area contributed by atoms with Crippen molar-refractivity contribution in [3.05, 3.63) is 60.0 Å². The van der Waals surface area contributed by atoms with E-state index in [0.29, 0.717) is 23.7 Å². The molecule has 0 spiro atoms. The number of imidazole rings is 1. The van der Waals surface area contributed by atoms with Crippen molar-refractivity contribution in [1.82, 2.24) is 9.55 Å². The van der Waals surface area contributed by atoms with Crippen LogP contribution in [0.15, 0.2) is 48.8 Å². The second-order valence-electron chi connectivity index (χ2n) is 7.40. The predicted octanol–water partition coefficient (Wildman–Crippen LogP) is 4.15. The number of anilines is 1. The number of hydrogen-bond donors (Lipinski definition) is 1. The SMILES string of the molecule is COc1ccc(-n2cnc3c2NC(=O)CC3c2ccccc2OC(C)C)c(OC)c1. The lowest BCUT2D eigenvalue weighted by Crippen LogP contribution is -2.25. The number of aromatic nitrogens is 2. The van der Waals surface area contributed by atoms with Gasteiger partial charge in [0.1, 0.15) is 29.4 Å². The minimum absolute atomic E-state index is 0.0316. The van der Waals surface area contributed by atoms with E-state index in [1.165, 1.54) is 0 Å². The molecule has 1 aliphatic rings. The number of carbonyl (C=O) groups excluding carboxylic acids is 1. The smallest absolute Gasteiger partial charge is 0.226 e. The average molecular weight is 407 g/mol. The molecule has 2 aromatic carbocycles. The number of amides is 1. The number of methoxy groups -OCH3 is 2. The molecule has 7 heteroatoms. The lowest BCUT2D eigenvalue weighted by atomic mass is 9.89. The number of benzene rings is 2. The van der Waals surface area contributed by atoms with Gasteiger partial charge in [-0.1, -0.05) is 18.2 Å². The number of carbonyl (C=O) groups is 1. The van der Waals surface area contributed by atoms with Gasteiger partial charge in [-0.3, -0.25) is 9.36 Å². The molecule has 1 unspecified atom stereocenters. The van der Waals surface area contributed by atoms with Crippen LogP contribution >= 0.6 is 0 Å². The maximum absolute atomic E-state index is 12.6. The molecule has 1 N–H and O–H groups in total. The highest BCUT2D eigenvalue weighted by atomic mass is 16.5. The molecule has 1 aliphatic heterocycles. The van der Waals surface area contributed by atoms with Gasteiger partial charge in [0, 0.05) is 24.0 Å². The van der Waals surface area contributed by atoms with Gasteiger partial charge in [0.2, 0.25) is 5.91 Å². The average Bonchev–Trinajstić information content (AvgIpc) is 3.16. The van der Waals surface area contributed by atoms with Crippen LogP contribution in [-0.4, -0.2) is 35.8 Å². The summed E-state index contributed by atoms with van der Waals surface area (Å²) >= 11 is 0. The fourth-order valence-electron chi connectivity index (χ4n) is 3.76. The monoisotopic (exact) mass is 407 g/mol. The van der Waals surface area contributed by atoms with Crippen LogP contribution in [0.5, 0.6) is 17.2 Å². The topological polar surface area (TPSA) is 74.6 Å². The van der Waals surface area contributed by atoms with E-state index in [1.807, 2.05) is 54.8 Å². The van der Waals surface area contributed by atoms with E-state index in [4.69, 9.17) is 14.2 Å². The predicted molar refractivity (Wildman–Crippen MR) is 114 cm³/mol. The van der Waals surface area contributed by atoms with Crippen LogP contribution in [0.4, 0.5) is 5.82 Å². The second kappa shape index (κ2) is 8.10. The number of hydrogen-bond acceptors (Lipinski definition) is 5. The quantitative estimate of drug-likeness (QED) is 0.664. The number of para-hydroxylation sites is 1. The Morgan fingerprint density at radius 3 is 2.63 bits per heavy atom. The highest BCUT2D eigenvalue weighted by Crippen LogP contribution is 2.42. The molecule has 1 aromatic heterocycles. The Hall–Kier alpha value is -3.48. The van der Waals surface area contributed by atoms with Crippen molar-refractivity contribution in [3.63, 3.8) is 0 Å². The van der Waals surface area contributed by atoms with E-state index in [9.17, 15) is 4.79 Å². The molecule has 156 valence electrons. The van der Waals surface area contributed by atoms with Gasteiger partial charge in [-0.05, 0) is 32.0 Å². The molecule has 3 aromatic rings. The van der Waals surface area contributed by atoms with Crippen molar-refractivity contribution in [3.8, 4) is 22.9 Å². The number of fused-ring (bicyclic) bond motifs is 1. The molecule has 2 heterocycles. The van der Waals surface area contributed by atoms with E-state index < -0.39 is 0 Å². The molecule has 0 aliphatic carbocycles. The Morgan fingerprint density at radius 1 is 1.10 bits per heavy atom. The minimum atomic E-state index is -0.200. The van der Waals surface area contributed by atoms with Crippen molar-refractivity contribution in [2.75, 3.05) is 19.5 Å². The molecule has 0 saturated heterocycles. The van der Waals surface area contributed by atoms with Crippen molar-refractivity contribution in [2.45, 2.75) is 32.3 Å². The third kappa shape index (κ3) is 3.58. The third-order valence-electron chi connectivity index (χ3n) is 5.08. The first-order valence-corrected chi connectivity index (χ1v) is 9.87. The zero-order valence-electron chi connectivity index (χ0n) is 17.5. The first-order chi connectivity index (χ1) is 14.5. The molecule has 7 nitrogen and oxygen atoms in total. The summed E-state index contributed by atoms with van der Waals surface area (Å²) in [6.07, 6.45) is 2.05. The van der Waals surface area contributed by atoms with Gasteiger partial charge in [-0.15, -0.1) is 0 Å². The van der Waals surface area contributed by atoms with Crippen LogP contribution in [0.3, 0.4) is 0 Å². The number of ether oxygens (including phenoxy) is 3. The zero-order chi connectivity index (χ0) is 21.3. The van der Waals surface area contributed by atoms with Gasteiger partial charge in [-0.25, -0.2) is 4.98 Å². The fraction of sp³-hybridized carbons (Fsp3) is 0.304. The summed E-state index contributed by atoms with van der Waals surface area (Å²) in [6.45, 7) is 3.97. The van der Waals surface area contributed by atoms with Gasteiger partial charge in [-0.2, -0.15) is 0 Å². The third-order valence-corrected chi connectivity index (χ3v) is 5.08. The first-order valence-electron chi connectivity index (χ1n) is 9.87. The lowest BCUT2D eigenvalue weighted by molar-refractivity contribution is -0.116. The molecule has 1 atom stereocenters. The molecule has 0 saturated carbocycles. The van der Waals surface area contributed by atoms with E-state index >= 15 is 0 Å². The lowest BCUT2D eigenvalue weighted by Gasteiger charge is -2.25. The van der Waals surface area contributed by atoms with Gasteiger partial charge in [0.15, 0.2) is 0 Å². The summed E-state index contributed by atoms with van der Waals surface area (Å²) in [6, 6.07) is 13.4. The summed E-state index contributed by atoms with van der Waals surface area (Å²) in [5.41, 5.74) is 2.52. The summed E-state index contributed by atoms with van der Waals surface area (Å²) in [5.74, 6) is 2.45. The zero-order valence-corrected chi connectivity index (χ0v) is 17.5. The Labute approximate surface area is 175 Å². The van der Waals surface area contributed by atoms with Crippen molar-refractivity contribution in [1.29, 1.82) is 0 Å². The molecule has 4 rings (SSSR count). The van der Waals surface area contributed by atoms with Gasteiger partial charge < -0.3 is 19.5 Å². The number of nitrogens with one attached hydrogen (secondary N) is 1. The molecule has 0 radical (unpaired) electrons. The summed E-state index contributed by atoms with van der Waals surface area (Å²) < 4.78 is 18.7. The standard InChI is InChI=1S/C23H25N3O4/c1-14(2)30-19-8-6-5-7-16(19)17-12-21(27)25-23-22(17)24-13-26(23)18-10-9-15(28-3)11-20(18)29-4/h5-11,13-14,17H,12H2,1-4H3,(H,25,27). The highest BCUT2D eigenvalue weighted by molar-refractivity contribution is 5.94. The minimum Gasteiger partial charge on any atom is -0.497 e. The summed E-state index contributed by atoms with van der Waals surface area (Å²) in [4.78, 5) is 17.3. The van der Waals surface area contributed by atoms with Crippen LogP contribution in [0.1, 0.15) is 37.4 Å². The molecule has 1 amide bonds. The van der Waals surface area contributed by atoms with Crippen molar-refractivity contribution in [2.24, 2.45) is 0 Å². The van der Waals surface area contributed by atoms with Crippen LogP contribution in [0, 0.1) is 0 Å². The van der Waals surface area contributed by atoms with Crippen LogP contribution in [-0.2, 0) is 4.79 Å². The van der Waals surface area contributed by atoms with Gasteiger partial charge in [0.25, 0.3) is 0 Å². The normalized spacial score (nSPS) is 15.5. The van der Waals surface area contributed by atoms with E-state index in [2.05, 4.69) is 10.3 Å². The van der Waals surface area contributed by atoms with Gasteiger partial charge >= 0.3 is 0 Å². The second-order valence-corrected chi connectivity index (χ2v) is 7.40. The van der Waals surface area contributed by atoms with Crippen LogP contribution in [0.2, 0.25) is 0 Å². The van der Waals surface area contributed by atoms with E-state index in [0.717, 1.165) is 22.7 Å². The Bertz CT molecular complexity index is 1070. The van der Waals surface area contributed by atoms with Crippen LogP contribution < -0.4 is 19.5 Å². The van der Waals surface area contributed by atoms with Crippen LogP contribution in [0.25, 0.3) is 5.69 Å². The molecule has 30 heavy (non-hydrogen) atoms. The summed E-state index contributed by atoms with van der Waals surface area (Å²) in [5, 5.41) is 2.98. The van der Waals surface area contributed by atoms with Crippen molar-refractivity contribution >= 4 is 11.7 Å². The molecular weight excluding hydrogens is 382 g/mol. The largest absolute Gasteiger partial charge is 0.497 e. The molecule has 0 bridgehead atoms. The molecule has 0 fully saturated rings. The fourth-order valence-corrected chi connectivity index (χ4v) is 3.76. The summed E-state index contributed by atoms with van der Waals surface area (Å²) in [7, 11) is 3.21. The van der Waals surface area contributed by atoms with Gasteiger partial charge in [0.05, 0.1) is 31.7 Å². The highest BCUT2D eigenvalue weighted by Gasteiger charge is 2.33. The maximum atomic E-state index is 12.6. The van der Waals surface area contributed by atoms with Crippen molar-refractivity contribution < 1.29 is 19.0 Å². The maximum Gasteiger partial charge on any atom is 0.226 e. The molecular formula is C23H25N3O4. The first kappa shape index (κ1) is 19.8. The Kier molecular flexibility index (Phi) is 5.35. The number of rotatable bonds is 6. The number of nitrogens with zero attached hydrogens (tertiary/aromatic N) is 2. The Balaban J connectivity index is 1.81. The van der Waals surface area contributed by atoms with E-state index in [1.54, 1.807) is 26.6 Å².